The Balaban J connectivity index is 2.11. The molecule has 6 nitrogen and oxygen atoms in total. The molecule has 1 aromatic rings. The van der Waals surface area contributed by atoms with E-state index >= 15 is 0 Å². The van der Waals surface area contributed by atoms with E-state index in [-0.39, 0.29) is 11.9 Å². The molecule has 0 atom stereocenters. The number of carbonyl (C=O) groups is 2. The summed E-state index contributed by atoms with van der Waals surface area (Å²) in [5.41, 5.74) is 2.06. The van der Waals surface area contributed by atoms with Crippen LogP contribution in [0.2, 0.25) is 0 Å². The third-order valence-electron chi connectivity index (χ3n) is 3.65. The Hall–Kier alpha value is -2.08. The summed E-state index contributed by atoms with van der Waals surface area (Å²) in [4.78, 5) is 26.1. The monoisotopic (exact) mass is 305 g/mol. The number of amides is 3. The second kappa shape index (κ2) is 7.79. The molecule has 120 valence electrons. The maximum Gasteiger partial charge on any atom is 0.319 e. The third kappa shape index (κ3) is 3.98. The molecule has 2 rings (SSSR count). The zero-order valence-electron chi connectivity index (χ0n) is 13.1. The van der Waals surface area contributed by atoms with Gasteiger partial charge >= 0.3 is 6.03 Å². The molecule has 1 fully saturated rings. The smallest absolute Gasteiger partial charge is 0.319 e. The number of benzene rings is 1. The number of ether oxygens (including phenoxy) is 1. The van der Waals surface area contributed by atoms with Crippen LogP contribution < -0.4 is 10.6 Å². The minimum Gasteiger partial charge on any atom is -0.378 e. The number of hydrogen-bond acceptors (Lipinski definition) is 3. The average Bonchev–Trinajstić information content (AvgIpc) is 2.55. The maximum absolute atomic E-state index is 12.6. The van der Waals surface area contributed by atoms with Gasteiger partial charge in [-0.25, -0.2) is 4.79 Å². The molecule has 1 aromatic carbocycles. The van der Waals surface area contributed by atoms with Gasteiger partial charge in [-0.1, -0.05) is 13.0 Å². The van der Waals surface area contributed by atoms with Gasteiger partial charge in [0.25, 0.3) is 5.91 Å². The molecule has 2 N–H and O–H groups in total. The van der Waals surface area contributed by atoms with Gasteiger partial charge in [0.2, 0.25) is 0 Å². The molecule has 1 aliphatic rings. The van der Waals surface area contributed by atoms with Crippen molar-refractivity contribution < 1.29 is 14.3 Å². The van der Waals surface area contributed by atoms with E-state index in [4.69, 9.17) is 4.74 Å². The number of hydrogen-bond donors (Lipinski definition) is 2. The quantitative estimate of drug-likeness (QED) is 0.894. The summed E-state index contributed by atoms with van der Waals surface area (Å²) in [6.45, 7) is 6.82. The van der Waals surface area contributed by atoms with Crippen molar-refractivity contribution in [1.82, 2.24) is 10.2 Å². The van der Waals surface area contributed by atoms with Gasteiger partial charge in [-0.2, -0.15) is 0 Å². The molecule has 0 saturated carbocycles. The highest BCUT2D eigenvalue weighted by atomic mass is 16.5. The Morgan fingerprint density at radius 3 is 2.68 bits per heavy atom. The molecule has 1 saturated heterocycles. The number of morpholine rings is 1. The Kier molecular flexibility index (Phi) is 5.77. The average molecular weight is 305 g/mol. The standard InChI is InChI=1S/C16H23N3O3/c1-3-7-17-16(21)18-14-6-4-5-13(12(14)2)15(20)19-8-10-22-11-9-19/h4-6H,3,7-11H2,1-2H3,(H2,17,18,21). The molecule has 0 aliphatic carbocycles. The predicted molar refractivity (Wildman–Crippen MR) is 85.2 cm³/mol. The van der Waals surface area contributed by atoms with Crippen LogP contribution in [0.25, 0.3) is 0 Å². The Bertz CT molecular complexity index is 539. The fraction of sp³-hybridized carbons (Fsp3) is 0.500. The number of nitrogens with one attached hydrogen (secondary N) is 2. The van der Waals surface area contributed by atoms with E-state index in [0.29, 0.717) is 44.1 Å². The summed E-state index contributed by atoms with van der Waals surface area (Å²) in [6, 6.07) is 5.14. The van der Waals surface area contributed by atoms with Gasteiger partial charge in [0.15, 0.2) is 0 Å². The first-order valence-electron chi connectivity index (χ1n) is 7.65. The van der Waals surface area contributed by atoms with Crippen LogP contribution in [0.4, 0.5) is 10.5 Å². The summed E-state index contributed by atoms with van der Waals surface area (Å²) in [6.07, 6.45) is 0.877. The molecule has 6 heteroatoms. The molecule has 0 spiro atoms. The minimum atomic E-state index is -0.249. The Morgan fingerprint density at radius 2 is 2.00 bits per heavy atom. The first kappa shape index (κ1) is 16.3. The summed E-state index contributed by atoms with van der Waals surface area (Å²) in [5, 5.41) is 5.56. The predicted octanol–water partition coefficient (Wildman–Crippen LogP) is 2.00. The molecule has 1 heterocycles. The van der Waals surface area contributed by atoms with Crippen LogP contribution in [0.3, 0.4) is 0 Å². The van der Waals surface area contributed by atoms with Gasteiger partial charge in [0.05, 0.1) is 13.2 Å². The lowest BCUT2D eigenvalue weighted by molar-refractivity contribution is 0.0302. The first-order chi connectivity index (χ1) is 10.6. The van der Waals surface area contributed by atoms with Gasteiger partial charge in [-0.15, -0.1) is 0 Å². The van der Waals surface area contributed by atoms with Crippen LogP contribution in [0.1, 0.15) is 29.3 Å². The van der Waals surface area contributed by atoms with Crippen molar-refractivity contribution in [2.45, 2.75) is 20.3 Å². The highest BCUT2D eigenvalue weighted by molar-refractivity contribution is 5.99. The van der Waals surface area contributed by atoms with E-state index in [1.54, 1.807) is 23.1 Å². The van der Waals surface area contributed by atoms with Crippen LogP contribution in [0.5, 0.6) is 0 Å². The number of anilines is 1. The lowest BCUT2D eigenvalue weighted by atomic mass is 10.1. The van der Waals surface area contributed by atoms with Crippen LogP contribution >= 0.6 is 0 Å². The van der Waals surface area contributed by atoms with Crippen LogP contribution in [0, 0.1) is 6.92 Å². The van der Waals surface area contributed by atoms with Crippen molar-refractivity contribution in [3.63, 3.8) is 0 Å². The fourth-order valence-electron chi connectivity index (χ4n) is 2.34. The summed E-state index contributed by atoms with van der Waals surface area (Å²) < 4.78 is 5.27. The van der Waals surface area contributed by atoms with Crippen molar-refractivity contribution in [3.05, 3.63) is 29.3 Å². The van der Waals surface area contributed by atoms with Gasteiger partial charge in [-0.3, -0.25) is 4.79 Å². The van der Waals surface area contributed by atoms with Gasteiger partial charge in [0, 0.05) is 30.9 Å². The maximum atomic E-state index is 12.6. The summed E-state index contributed by atoms with van der Waals surface area (Å²) in [5.74, 6) is -0.0154. The topological polar surface area (TPSA) is 70.7 Å². The summed E-state index contributed by atoms with van der Waals surface area (Å²) in [7, 11) is 0. The zero-order valence-corrected chi connectivity index (χ0v) is 13.1. The molecular weight excluding hydrogens is 282 g/mol. The normalized spacial score (nSPS) is 14.5. The van der Waals surface area contributed by atoms with Crippen LogP contribution in [-0.2, 0) is 4.74 Å². The highest BCUT2D eigenvalue weighted by Crippen LogP contribution is 2.20. The SMILES string of the molecule is CCCNC(=O)Nc1cccc(C(=O)N2CCOCC2)c1C. The largest absolute Gasteiger partial charge is 0.378 e. The van der Waals surface area contributed by atoms with Crippen molar-refractivity contribution in [1.29, 1.82) is 0 Å². The van der Waals surface area contributed by atoms with Crippen LogP contribution in [0.15, 0.2) is 18.2 Å². The number of urea groups is 1. The second-order valence-electron chi connectivity index (χ2n) is 5.26. The van der Waals surface area contributed by atoms with E-state index in [9.17, 15) is 9.59 Å². The lowest BCUT2D eigenvalue weighted by Gasteiger charge is -2.27. The van der Waals surface area contributed by atoms with Gasteiger partial charge in [0.1, 0.15) is 0 Å². The number of rotatable bonds is 4. The molecule has 0 bridgehead atoms. The number of nitrogens with zero attached hydrogens (tertiary/aromatic N) is 1. The van der Waals surface area contributed by atoms with Crippen LogP contribution in [-0.4, -0.2) is 49.7 Å². The Morgan fingerprint density at radius 1 is 1.27 bits per heavy atom. The second-order valence-corrected chi connectivity index (χ2v) is 5.26. The molecular formula is C16H23N3O3. The Labute approximate surface area is 130 Å². The van der Waals surface area contributed by atoms with E-state index in [1.807, 2.05) is 13.8 Å². The molecule has 0 aromatic heterocycles. The fourth-order valence-corrected chi connectivity index (χ4v) is 2.34. The van der Waals surface area contributed by atoms with Gasteiger partial charge < -0.3 is 20.3 Å². The van der Waals surface area contributed by atoms with E-state index in [1.165, 1.54) is 0 Å². The third-order valence-corrected chi connectivity index (χ3v) is 3.65. The highest BCUT2D eigenvalue weighted by Gasteiger charge is 2.21. The van der Waals surface area contributed by atoms with E-state index in [2.05, 4.69) is 10.6 Å². The van der Waals surface area contributed by atoms with Crippen molar-refractivity contribution >= 4 is 17.6 Å². The van der Waals surface area contributed by atoms with Crippen molar-refractivity contribution in [3.8, 4) is 0 Å². The van der Waals surface area contributed by atoms with E-state index in [0.717, 1.165) is 12.0 Å². The molecule has 3 amide bonds. The minimum absolute atomic E-state index is 0.0154. The molecule has 22 heavy (non-hydrogen) atoms. The zero-order chi connectivity index (χ0) is 15.9. The molecule has 0 unspecified atom stereocenters. The molecule has 1 aliphatic heterocycles. The lowest BCUT2D eigenvalue weighted by Crippen LogP contribution is -2.41. The summed E-state index contributed by atoms with van der Waals surface area (Å²) >= 11 is 0. The van der Waals surface area contributed by atoms with Crippen molar-refractivity contribution in [2.24, 2.45) is 0 Å². The molecule has 0 radical (unpaired) electrons. The van der Waals surface area contributed by atoms with Crippen molar-refractivity contribution in [2.75, 3.05) is 38.2 Å². The van der Waals surface area contributed by atoms with E-state index < -0.39 is 0 Å². The number of carbonyl (C=O) groups excluding carboxylic acids is 2. The first-order valence-corrected chi connectivity index (χ1v) is 7.65. The van der Waals surface area contributed by atoms with Gasteiger partial charge in [-0.05, 0) is 31.0 Å².